The summed E-state index contributed by atoms with van der Waals surface area (Å²) in [4.78, 5) is 11.6. The van der Waals surface area contributed by atoms with Gasteiger partial charge >= 0.3 is 0 Å². The molecule has 1 amide bonds. The Kier molecular flexibility index (Phi) is 4.18. The van der Waals surface area contributed by atoms with E-state index in [0.717, 1.165) is 11.3 Å². The van der Waals surface area contributed by atoms with E-state index in [1.807, 2.05) is 50.2 Å². The highest BCUT2D eigenvalue weighted by Crippen LogP contribution is 2.07. The summed E-state index contributed by atoms with van der Waals surface area (Å²) in [6.45, 7) is 4.44. The van der Waals surface area contributed by atoms with Gasteiger partial charge in [-0.2, -0.15) is 0 Å². The summed E-state index contributed by atoms with van der Waals surface area (Å²) in [6.07, 6.45) is 3.14. The van der Waals surface area contributed by atoms with Crippen molar-refractivity contribution in [2.75, 3.05) is 0 Å². The molecule has 3 nitrogen and oxygen atoms in total. The van der Waals surface area contributed by atoms with E-state index in [1.165, 1.54) is 11.6 Å². The summed E-state index contributed by atoms with van der Waals surface area (Å²) in [5.74, 6) is 1.39. The van der Waals surface area contributed by atoms with Crippen molar-refractivity contribution in [2.24, 2.45) is 0 Å². The molecule has 1 N–H and O–H groups in total. The van der Waals surface area contributed by atoms with Gasteiger partial charge in [-0.15, -0.1) is 0 Å². The maximum Gasteiger partial charge on any atom is 0.244 e. The van der Waals surface area contributed by atoms with Crippen molar-refractivity contribution < 1.29 is 9.21 Å². The van der Waals surface area contributed by atoms with Crippen LogP contribution < -0.4 is 5.32 Å². The smallest absolute Gasteiger partial charge is 0.244 e. The predicted octanol–water partition coefficient (Wildman–Crippen LogP) is 3.23. The second-order valence-corrected chi connectivity index (χ2v) is 4.49. The zero-order valence-electron chi connectivity index (χ0n) is 11.1. The number of benzene rings is 1. The molecule has 3 heteroatoms. The molecule has 0 aliphatic rings. The number of nitrogens with one attached hydrogen (secondary N) is 1. The van der Waals surface area contributed by atoms with Crippen LogP contribution in [0.3, 0.4) is 0 Å². The maximum absolute atomic E-state index is 11.6. The van der Waals surface area contributed by atoms with Gasteiger partial charge in [-0.25, -0.2) is 0 Å². The minimum atomic E-state index is -0.130. The van der Waals surface area contributed by atoms with Gasteiger partial charge in [0, 0.05) is 12.6 Å². The van der Waals surface area contributed by atoms with Crippen molar-refractivity contribution in [3.8, 4) is 0 Å². The van der Waals surface area contributed by atoms with E-state index >= 15 is 0 Å². The van der Waals surface area contributed by atoms with Crippen LogP contribution >= 0.6 is 0 Å². The van der Waals surface area contributed by atoms with Gasteiger partial charge in [-0.1, -0.05) is 29.8 Å². The van der Waals surface area contributed by atoms with E-state index < -0.39 is 0 Å². The molecule has 98 valence electrons. The maximum atomic E-state index is 11.6. The average Bonchev–Trinajstić information content (AvgIpc) is 2.81. The van der Waals surface area contributed by atoms with Gasteiger partial charge in [0.2, 0.25) is 5.91 Å². The Balaban J connectivity index is 1.84. The largest absolute Gasteiger partial charge is 0.462 e. The van der Waals surface area contributed by atoms with Gasteiger partial charge in [0.25, 0.3) is 0 Å². The lowest BCUT2D eigenvalue weighted by molar-refractivity contribution is -0.116. The van der Waals surface area contributed by atoms with Gasteiger partial charge in [0.05, 0.1) is 0 Å². The van der Waals surface area contributed by atoms with Gasteiger partial charge in [-0.05, 0) is 37.6 Å². The third-order valence-corrected chi connectivity index (χ3v) is 2.75. The van der Waals surface area contributed by atoms with Gasteiger partial charge in [0.15, 0.2) is 0 Å². The van der Waals surface area contributed by atoms with Crippen LogP contribution in [-0.2, 0) is 11.3 Å². The Bertz CT molecular complexity index is 579. The quantitative estimate of drug-likeness (QED) is 0.852. The van der Waals surface area contributed by atoms with Crippen LogP contribution in [0.2, 0.25) is 0 Å². The summed E-state index contributed by atoms with van der Waals surface area (Å²) in [7, 11) is 0. The van der Waals surface area contributed by atoms with E-state index in [2.05, 4.69) is 5.32 Å². The second-order valence-electron chi connectivity index (χ2n) is 4.49. The topological polar surface area (TPSA) is 42.2 Å². The molecule has 1 aromatic heterocycles. The molecule has 0 unspecified atom stereocenters. The van der Waals surface area contributed by atoms with Gasteiger partial charge < -0.3 is 9.73 Å². The fourth-order valence-electron chi connectivity index (χ4n) is 1.65. The van der Waals surface area contributed by atoms with Crippen LogP contribution in [0.5, 0.6) is 0 Å². The molecule has 2 rings (SSSR count). The molecule has 0 bridgehead atoms. The zero-order valence-corrected chi connectivity index (χ0v) is 11.1. The first kappa shape index (κ1) is 13.1. The normalized spacial score (nSPS) is 10.8. The molecule has 0 radical (unpaired) electrons. The summed E-state index contributed by atoms with van der Waals surface area (Å²) in [5.41, 5.74) is 2.30. The second kappa shape index (κ2) is 6.05. The van der Waals surface area contributed by atoms with Crippen LogP contribution in [0.25, 0.3) is 6.08 Å². The van der Waals surface area contributed by atoms with E-state index in [-0.39, 0.29) is 5.91 Å². The molecular weight excluding hydrogens is 238 g/mol. The Hall–Kier alpha value is -2.29. The molecule has 2 aromatic rings. The fraction of sp³-hybridized carbons (Fsp3) is 0.188. The molecule has 1 heterocycles. The van der Waals surface area contributed by atoms with Crippen LogP contribution in [0, 0.1) is 13.8 Å². The van der Waals surface area contributed by atoms with Crippen LogP contribution in [0.15, 0.2) is 46.9 Å². The lowest BCUT2D eigenvalue weighted by Crippen LogP contribution is -2.20. The molecular formula is C16H17NO2. The molecule has 0 aliphatic heterocycles. The number of amides is 1. The van der Waals surface area contributed by atoms with Crippen LogP contribution in [0.4, 0.5) is 0 Å². The highest BCUT2D eigenvalue weighted by atomic mass is 16.3. The third kappa shape index (κ3) is 4.14. The minimum absolute atomic E-state index is 0.130. The van der Waals surface area contributed by atoms with Crippen molar-refractivity contribution in [1.82, 2.24) is 5.32 Å². The van der Waals surface area contributed by atoms with E-state index in [1.54, 1.807) is 6.08 Å². The number of hydrogen-bond donors (Lipinski definition) is 1. The number of aryl methyl sites for hydroxylation is 2. The first-order valence-electron chi connectivity index (χ1n) is 6.21. The SMILES string of the molecule is Cc1ccc(CNC(=O)/C=C/c2ccc(C)o2)cc1. The fourth-order valence-corrected chi connectivity index (χ4v) is 1.65. The molecule has 0 saturated carbocycles. The van der Waals surface area contributed by atoms with Crippen molar-refractivity contribution in [3.63, 3.8) is 0 Å². The molecule has 0 spiro atoms. The number of carbonyl (C=O) groups is 1. The van der Waals surface area contributed by atoms with Crippen molar-refractivity contribution in [2.45, 2.75) is 20.4 Å². The highest BCUT2D eigenvalue weighted by Gasteiger charge is 1.98. The summed E-state index contributed by atoms with van der Waals surface area (Å²) in [6, 6.07) is 11.8. The first-order valence-corrected chi connectivity index (χ1v) is 6.21. The monoisotopic (exact) mass is 255 g/mol. The highest BCUT2D eigenvalue weighted by molar-refractivity contribution is 5.91. The molecule has 0 atom stereocenters. The molecule has 1 aromatic carbocycles. The minimum Gasteiger partial charge on any atom is -0.462 e. The van der Waals surface area contributed by atoms with E-state index in [4.69, 9.17) is 4.42 Å². The Labute approximate surface area is 112 Å². The van der Waals surface area contributed by atoms with Gasteiger partial charge in [0.1, 0.15) is 11.5 Å². The molecule has 0 saturated heterocycles. The molecule has 0 fully saturated rings. The lowest BCUT2D eigenvalue weighted by atomic mass is 10.1. The third-order valence-electron chi connectivity index (χ3n) is 2.75. The van der Waals surface area contributed by atoms with Crippen LogP contribution in [-0.4, -0.2) is 5.91 Å². The summed E-state index contributed by atoms with van der Waals surface area (Å²) < 4.78 is 5.34. The number of furan rings is 1. The first-order chi connectivity index (χ1) is 9.13. The Morgan fingerprint density at radius 3 is 2.53 bits per heavy atom. The Morgan fingerprint density at radius 2 is 1.89 bits per heavy atom. The average molecular weight is 255 g/mol. The van der Waals surface area contributed by atoms with E-state index in [9.17, 15) is 4.79 Å². The van der Waals surface area contributed by atoms with Crippen molar-refractivity contribution >= 4 is 12.0 Å². The Morgan fingerprint density at radius 1 is 1.16 bits per heavy atom. The standard InChI is InChI=1S/C16H17NO2/c1-12-3-6-14(7-4-12)11-17-16(18)10-9-15-8-5-13(2)19-15/h3-10H,11H2,1-2H3,(H,17,18)/b10-9+. The number of carbonyl (C=O) groups excluding carboxylic acids is 1. The lowest BCUT2D eigenvalue weighted by Gasteiger charge is -2.02. The summed E-state index contributed by atoms with van der Waals surface area (Å²) >= 11 is 0. The predicted molar refractivity (Wildman–Crippen MR) is 75.5 cm³/mol. The number of rotatable bonds is 4. The molecule has 0 aliphatic carbocycles. The molecule has 19 heavy (non-hydrogen) atoms. The summed E-state index contributed by atoms with van der Waals surface area (Å²) in [5, 5.41) is 2.83. The van der Waals surface area contributed by atoms with E-state index in [0.29, 0.717) is 12.3 Å². The van der Waals surface area contributed by atoms with Crippen molar-refractivity contribution in [1.29, 1.82) is 0 Å². The number of hydrogen-bond acceptors (Lipinski definition) is 2. The van der Waals surface area contributed by atoms with Gasteiger partial charge in [-0.3, -0.25) is 4.79 Å². The van der Waals surface area contributed by atoms with Crippen molar-refractivity contribution in [3.05, 3.63) is 65.1 Å². The van der Waals surface area contributed by atoms with Crippen LogP contribution in [0.1, 0.15) is 22.6 Å². The zero-order chi connectivity index (χ0) is 13.7.